The third kappa shape index (κ3) is 6.78. The van der Waals surface area contributed by atoms with Crippen LogP contribution in [0.1, 0.15) is 100 Å². The highest BCUT2D eigenvalue weighted by Crippen LogP contribution is 2.41. The number of rotatable bonds is 10. The molecule has 192 valence electrons. The fourth-order valence-corrected chi connectivity index (χ4v) is 5.85. The third-order valence-electron chi connectivity index (χ3n) is 9.36. The van der Waals surface area contributed by atoms with E-state index in [0.29, 0.717) is 17.8 Å². The Morgan fingerprint density at radius 2 is 1.26 bits per heavy atom. The second kappa shape index (κ2) is 12.2. The van der Waals surface area contributed by atoms with Crippen molar-refractivity contribution in [1.29, 1.82) is 0 Å². The van der Waals surface area contributed by atoms with Crippen LogP contribution < -0.4 is 0 Å². The van der Waals surface area contributed by atoms with Crippen LogP contribution in [0, 0.1) is 64.2 Å². The Bertz CT molecular complexity index is 1040. The second-order valence-electron chi connectivity index (χ2n) is 11.8. The molecule has 5 atom stereocenters. The molecule has 0 aliphatic heterocycles. The highest BCUT2D eigenvalue weighted by Gasteiger charge is 2.28. The minimum Gasteiger partial charge on any atom is -0.0909 e. The molecule has 35 heavy (non-hydrogen) atoms. The summed E-state index contributed by atoms with van der Waals surface area (Å²) in [6.45, 7) is 32.7. The van der Waals surface area contributed by atoms with E-state index in [2.05, 4.69) is 113 Å². The summed E-state index contributed by atoms with van der Waals surface area (Å²) in [6, 6.07) is 11.5. The Morgan fingerprint density at radius 3 is 1.77 bits per heavy atom. The number of allylic oxidation sites excluding steroid dienone is 3. The highest BCUT2D eigenvalue weighted by atomic mass is 14.3. The Hall–Kier alpha value is -2.08. The Balaban J connectivity index is 2.56. The summed E-state index contributed by atoms with van der Waals surface area (Å²) in [5.41, 5.74) is 13.3. The van der Waals surface area contributed by atoms with Gasteiger partial charge in [0.15, 0.2) is 0 Å². The molecule has 2 aromatic rings. The molecule has 0 radical (unpaired) electrons. The van der Waals surface area contributed by atoms with Gasteiger partial charge in [0.25, 0.3) is 0 Å². The fourth-order valence-electron chi connectivity index (χ4n) is 5.85. The van der Waals surface area contributed by atoms with E-state index in [0.717, 1.165) is 18.3 Å². The first-order valence-corrected chi connectivity index (χ1v) is 13.8. The van der Waals surface area contributed by atoms with Crippen LogP contribution in [0.15, 0.2) is 42.5 Å². The van der Waals surface area contributed by atoms with Crippen LogP contribution >= 0.6 is 0 Å². The van der Waals surface area contributed by atoms with Crippen molar-refractivity contribution < 1.29 is 0 Å². The molecule has 0 amide bonds. The normalized spacial score (nSPS) is 16.8. The number of benzene rings is 2. The summed E-state index contributed by atoms with van der Waals surface area (Å²) in [6.07, 6.45) is 2.31. The van der Waals surface area contributed by atoms with E-state index in [1.54, 1.807) is 0 Å². The molecule has 0 aliphatic rings. The molecule has 2 aromatic carbocycles. The standard InChI is InChI=1S/C35H52/c1-14-22(3)28(9)30(11)29(10)25(6)20-34(31(12)33-16-15-23(4)24(5)19-33)32(13)35-26(7)17-21(2)18-27(35)8/h15-19,22,25,28-30H,13-14,20H2,1-12H3/b34-31+. The smallest absolute Gasteiger partial charge is 0.0128 e. The van der Waals surface area contributed by atoms with Gasteiger partial charge in [-0.2, -0.15) is 0 Å². The van der Waals surface area contributed by atoms with Crippen molar-refractivity contribution in [2.45, 2.75) is 95.9 Å². The molecule has 0 heterocycles. The molecular formula is C35H52. The molecule has 0 spiro atoms. The minimum absolute atomic E-state index is 0.579. The molecule has 0 heteroatoms. The average Bonchev–Trinajstić information content (AvgIpc) is 2.80. The fraction of sp³-hybridized carbons (Fsp3) is 0.543. The molecule has 0 aliphatic carbocycles. The van der Waals surface area contributed by atoms with Crippen molar-refractivity contribution >= 4 is 11.1 Å². The van der Waals surface area contributed by atoms with Crippen molar-refractivity contribution in [1.82, 2.24) is 0 Å². The zero-order valence-electron chi connectivity index (χ0n) is 24.9. The van der Waals surface area contributed by atoms with E-state index in [1.807, 2.05) is 0 Å². The van der Waals surface area contributed by atoms with Crippen LogP contribution in [0.2, 0.25) is 0 Å². The zero-order valence-corrected chi connectivity index (χ0v) is 24.9. The molecular weight excluding hydrogens is 420 g/mol. The van der Waals surface area contributed by atoms with Crippen LogP contribution in [-0.4, -0.2) is 0 Å². The lowest BCUT2D eigenvalue weighted by Crippen LogP contribution is -2.26. The van der Waals surface area contributed by atoms with Crippen molar-refractivity contribution in [3.63, 3.8) is 0 Å². The molecule has 0 N–H and O–H groups in total. The van der Waals surface area contributed by atoms with Crippen LogP contribution in [0.5, 0.6) is 0 Å². The van der Waals surface area contributed by atoms with Gasteiger partial charge in [-0.1, -0.05) is 90.4 Å². The summed E-state index contributed by atoms with van der Waals surface area (Å²) in [5, 5.41) is 0. The SMILES string of the molecule is C=C(/C(CC(C)C(C)C(C)C(C)C(C)CC)=C(\C)c1ccc(C)c(C)c1)c1c(C)cc(C)cc1C. The van der Waals surface area contributed by atoms with Crippen molar-refractivity contribution in [2.75, 3.05) is 0 Å². The van der Waals surface area contributed by atoms with E-state index in [-0.39, 0.29) is 0 Å². The van der Waals surface area contributed by atoms with E-state index >= 15 is 0 Å². The molecule has 0 saturated heterocycles. The summed E-state index contributed by atoms with van der Waals surface area (Å²) in [7, 11) is 0. The van der Waals surface area contributed by atoms with Gasteiger partial charge in [-0.25, -0.2) is 0 Å². The van der Waals surface area contributed by atoms with Gasteiger partial charge in [0, 0.05) is 0 Å². The quantitative estimate of drug-likeness (QED) is 0.302. The van der Waals surface area contributed by atoms with Gasteiger partial charge in [0.2, 0.25) is 0 Å². The average molecular weight is 473 g/mol. The highest BCUT2D eigenvalue weighted by molar-refractivity contribution is 5.89. The molecule has 0 bridgehead atoms. The van der Waals surface area contributed by atoms with Gasteiger partial charge in [0.05, 0.1) is 0 Å². The lowest BCUT2D eigenvalue weighted by Gasteiger charge is -2.34. The van der Waals surface area contributed by atoms with Gasteiger partial charge >= 0.3 is 0 Å². The van der Waals surface area contributed by atoms with Crippen molar-refractivity contribution in [3.8, 4) is 0 Å². The minimum atomic E-state index is 0.579. The van der Waals surface area contributed by atoms with Gasteiger partial charge in [-0.3, -0.25) is 0 Å². The van der Waals surface area contributed by atoms with Gasteiger partial charge in [0.1, 0.15) is 0 Å². The Morgan fingerprint density at radius 1 is 0.714 bits per heavy atom. The van der Waals surface area contributed by atoms with E-state index < -0.39 is 0 Å². The summed E-state index contributed by atoms with van der Waals surface area (Å²) >= 11 is 0. The predicted molar refractivity (Wildman–Crippen MR) is 159 cm³/mol. The first-order valence-electron chi connectivity index (χ1n) is 13.8. The van der Waals surface area contributed by atoms with Crippen LogP contribution in [0.25, 0.3) is 11.1 Å². The molecule has 2 rings (SSSR count). The van der Waals surface area contributed by atoms with Crippen molar-refractivity contribution in [2.24, 2.45) is 29.6 Å². The lowest BCUT2D eigenvalue weighted by atomic mass is 9.71. The zero-order chi connectivity index (χ0) is 26.6. The van der Waals surface area contributed by atoms with Crippen LogP contribution in [0.3, 0.4) is 0 Å². The molecule has 0 aromatic heterocycles. The van der Waals surface area contributed by atoms with Crippen LogP contribution in [0.4, 0.5) is 0 Å². The van der Waals surface area contributed by atoms with Gasteiger partial charge in [-0.15, -0.1) is 0 Å². The summed E-state index contributed by atoms with van der Waals surface area (Å²) in [4.78, 5) is 0. The summed E-state index contributed by atoms with van der Waals surface area (Å²) in [5.74, 6) is 3.42. The first kappa shape index (κ1) is 29.2. The van der Waals surface area contributed by atoms with Gasteiger partial charge in [-0.05, 0) is 128 Å². The Labute approximate surface area is 218 Å². The van der Waals surface area contributed by atoms with E-state index in [4.69, 9.17) is 6.58 Å². The molecule has 5 unspecified atom stereocenters. The van der Waals surface area contributed by atoms with Crippen LogP contribution in [-0.2, 0) is 0 Å². The predicted octanol–water partition coefficient (Wildman–Crippen LogP) is 10.7. The summed E-state index contributed by atoms with van der Waals surface area (Å²) < 4.78 is 0. The lowest BCUT2D eigenvalue weighted by molar-refractivity contribution is 0.166. The topological polar surface area (TPSA) is 0 Å². The maximum Gasteiger partial charge on any atom is -0.0128 e. The molecule has 0 saturated carbocycles. The van der Waals surface area contributed by atoms with Gasteiger partial charge < -0.3 is 0 Å². The Kier molecular flexibility index (Phi) is 10.2. The largest absolute Gasteiger partial charge is 0.0909 e. The maximum atomic E-state index is 4.74. The number of hydrogen-bond donors (Lipinski definition) is 0. The molecule has 0 fully saturated rings. The van der Waals surface area contributed by atoms with Crippen molar-refractivity contribution in [3.05, 3.63) is 81.4 Å². The maximum absolute atomic E-state index is 4.74. The third-order valence-corrected chi connectivity index (χ3v) is 9.36. The van der Waals surface area contributed by atoms with E-state index in [9.17, 15) is 0 Å². The number of aryl methyl sites for hydroxylation is 5. The number of hydrogen-bond acceptors (Lipinski definition) is 0. The second-order valence-corrected chi connectivity index (χ2v) is 11.8. The molecule has 0 nitrogen and oxygen atoms in total. The first-order chi connectivity index (χ1) is 16.3. The van der Waals surface area contributed by atoms with E-state index in [1.165, 1.54) is 62.1 Å². The monoisotopic (exact) mass is 472 g/mol.